The minimum Gasteiger partial charge on any atom is -0.337 e. The van der Waals surface area contributed by atoms with E-state index in [1.165, 1.54) is 0 Å². The summed E-state index contributed by atoms with van der Waals surface area (Å²) in [6.07, 6.45) is 4.37. The average molecular weight is 312 g/mol. The average Bonchev–Trinajstić information content (AvgIpc) is 2.65. The number of carbonyl (C=O) groups is 1. The Hall–Kier alpha value is -0.940. The maximum atomic E-state index is 12.3. The Labute approximate surface area is 116 Å². The Morgan fingerprint density at radius 3 is 2.94 bits per heavy atom. The molecule has 4 nitrogen and oxygen atoms in total. The fourth-order valence-electron chi connectivity index (χ4n) is 2.19. The SMILES string of the molecule is O=C(c1cccnc1)N1CCCN(CCBr)CC1. The molecule has 0 saturated carbocycles. The summed E-state index contributed by atoms with van der Waals surface area (Å²) in [5.74, 6) is 0.101. The molecule has 0 bridgehead atoms. The van der Waals surface area contributed by atoms with E-state index in [0.29, 0.717) is 5.56 Å². The van der Waals surface area contributed by atoms with Gasteiger partial charge >= 0.3 is 0 Å². The summed E-state index contributed by atoms with van der Waals surface area (Å²) in [6, 6.07) is 3.64. The molecule has 0 aliphatic carbocycles. The van der Waals surface area contributed by atoms with Gasteiger partial charge in [-0.2, -0.15) is 0 Å². The van der Waals surface area contributed by atoms with E-state index in [0.717, 1.165) is 44.5 Å². The second-order valence-electron chi connectivity index (χ2n) is 4.42. The summed E-state index contributed by atoms with van der Waals surface area (Å²) in [5.41, 5.74) is 0.687. The van der Waals surface area contributed by atoms with Gasteiger partial charge in [0.2, 0.25) is 0 Å². The summed E-state index contributed by atoms with van der Waals surface area (Å²) in [6.45, 7) is 4.72. The summed E-state index contributed by atoms with van der Waals surface area (Å²) in [7, 11) is 0. The zero-order valence-corrected chi connectivity index (χ0v) is 12.0. The lowest BCUT2D eigenvalue weighted by Gasteiger charge is -2.21. The van der Waals surface area contributed by atoms with Crippen LogP contribution in [0.2, 0.25) is 0 Å². The maximum Gasteiger partial charge on any atom is 0.255 e. The van der Waals surface area contributed by atoms with Crippen LogP contribution in [0.15, 0.2) is 24.5 Å². The Balaban J connectivity index is 1.96. The maximum absolute atomic E-state index is 12.3. The van der Waals surface area contributed by atoms with E-state index in [9.17, 15) is 4.79 Å². The summed E-state index contributed by atoms with van der Waals surface area (Å²) >= 11 is 3.46. The second kappa shape index (κ2) is 6.85. The zero-order valence-electron chi connectivity index (χ0n) is 10.4. The number of halogens is 1. The summed E-state index contributed by atoms with van der Waals surface area (Å²) in [5, 5.41) is 0.990. The Morgan fingerprint density at radius 2 is 2.22 bits per heavy atom. The molecule has 0 unspecified atom stereocenters. The van der Waals surface area contributed by atoms with E-state index in [-0.39, 0.29) is 5.91 Å². The van der Waals surface area contributed by atoms with E-state index in [1.807, 2.05) is 17.0 Å². The zero-order chi connectivity index (χ0) is 12.8. The third-order valence-electron chi connectivity index (χ3n) is 3.18. The van der Waals surface area contributed by atoms with E-state index in [1.54, 1.807) is 12.4 Å². The smallest absolute Gasteiger partial charge is 0.255 e. The lowest BCUT2D eigenvalue weighted by Crippen LogP contribution is -2.35. The molecular formula is C13H18BrN3O. The van der Waals surface area contributed by atoms with Crippen molar-refractivity contribution in [3.05, 3.63) is 30.1 Å². The monoisotopic (exact) mass is 311 g/mol. The molecule has 1 aliphatic rings. The van der Waals surface area contributed by atoms with Gasteiger partial charge in [0.15, 0.2) is 0 Å². The van der Waals surface area contributed by atoms with Gasteiger partial charge in [0.1, 0.15) is 0 Å². The summed E-state index contributed by atoms with van der Waals surface area (Å²) in [4.78, 5) is 20.6. The van der Waals surface area contributed by atoms with Crippen molar-refractivity contribution >= 4 is 21.8 Å². The van der Waals surface area contributed by atoms with Gasteiger partial charge in [0, 0.05) is 43.9 Å². The topological polar surface area (TPSA) is 36.4 Å². The van der Waals surface area contributed by atoms with Crippen molar-refractivity contribution in [3.63, 3.8) is 0 Å². The summed E-state index contributed by atoms with van der Waals surface area (Å²) < 4.78 is 0. The molecule has 1 saturated heterocycles. The van der Waals surface area contributed by atoms with Gasteiger partial charge < -0.3 is 9.80 Å². The number of amides is 1. The molecule has 2 rings (SSSR count). The molecule has 1 aromatic heterocycles. The molecule has 1 fully saturated rings. The third-order valence-corrected chi connectivity index (χ3v) is 3.54. The highest BCUT2D eigenvalue weighted by Crippen LogP contribution is 2.08. The van der Waals surface area contributed by atoms with Crippen LogP contribution in [0.5, 0.6) is 0 Å². The molecule has 0 radical (unpaired) electrons. The molecule has 1 aromatic rings. The van der Waals surface area contributed by atoms with Gasteiger partial charge in [0.25, 0.3) is 5.91 Å². The van der Waals surface area contributed by atoms with Gasteiger partial charge in [-0.3, -0.25) is 9.78 Å². The van der Waals surface area contributed by atoms with Gasteiger partial charge in [-0.1, -0.05) is 15.9 Å². The minimum absolute atomic E-state index is 0.101. The van der Waals surface area contributed by atoms with Crippen molar-refractivity contribution in [2.24, 2.45) is 0 Å². The standard InChI is InChI=1S/C13H18BrN3O/c14-4-8-16-6-2-7-17(10-9-16)13(18)12-3-1-5-15-11-12/h1,3,5,11H,2,4,6-10H2. The van der Waals surface area contributed by atoms with Gasteiger partial charge in [-0.25, -0.2) is 0 Å². The van der Waals surface area contributed by atoms with Crippen LogP contribution in [-0.2, 0) is 0 Å². The number of carbonyl (C=O) groups excluding carboxylic acids is 1. The number of pyridine rings is 1. The van der Waals surface area contributed by atoms with Crippen LogP contribution in [-0.4, -0.2) is 58.7 Å². The van der Waals surface area contributed by atoms with E-state index in [4.69, 9.17) is 0 Å². The molecular weight excluding hydrogens is 294 g/mol. The predicted octanol–water partition coefficient (Wildman–Crippen LogP) is 1.62. The van der Waals surface area contributed by atoms with Crippen molar-refractivity contribution in [2.45, 2.75) is 6.42 Å². The molecule has 5 heteroatoms. The van der Waals surface area contributed by atoms with Crippen LogP contribution in [0.25, 0.3) is 0 Å². The molecule has 0 aromatic carbocycles. The van der Waals surface area contributed by atoms with E-state index < -0.39 is 0 Å². The quantitative estimate of drug-likeness (QED) is 0.796. The number of alkyl halides is 1. The Bertz CT molecular complexity index is 385. The van der Waals surface area contributed by atoms with E-state index >= 15 is 0 Å². The van der Waals surface area contributed by atoms with Crippen molar-refractivity contribution in [1.82, 2.24) is 14.8 Å². The lowest BCUT2D eigenvalue weighted by atomic mass is 10.2. The van der Waals surface area contributed by atoms with Gasteiger partial charge in [-0.15, -0.1) is 0 Å². The van der Waals surface area contributed by atoms with Crippen molar-refractivity contribution in [3.8, 4) is 0 Å². The minimum atomic E-state index is 0.101. The van der Waals surface area contributed by atoms with Crippen LogP contribution in [0.3, 0.4) is 0 Å². The first-order valence-corrected chi connectivity index (χ1v) is 7.41. The molecule has 0 atom stereocenters. The largest absolute Gasteiger partial charge is 0.337 e. The van der Waals surface area contributed by atoms with Crippen LogP contribution in [0.4, 0.5) is 0 Å². The van der Waals surface area contributed by atoms with Crippen LogP contribution < -0.4 is 0 Å². The first kappa shape index (κ1) is 13.5. The number of rotatable bonds is 3. The first-order chi connectivity index (χ1) is 8.81. The first-order valence-electron chi connectivity index (χ1n) is 6.29. The second-order valence-corrected chi connectivity index (χ2v) is 5.21. The Kier molecular flexibility index (Phi) is 5.13. The Morgan fingerprint density at radius 1 is 1.33 bits per heavy atom. The number of hydrogen-bond acceptors (Lipinski definition) is 3. The molecule has 98 valence electrons. The molecule has 0 spiro atoms. The van der Waals surface area contributed by atoms with Crippen LogP contribution in [0.1, 0.15) is 16.8 Å². The predicted molar refractivity (Wildman–Crippen MR) is 75.0 cm³/mol. The number of aromatic nitrogens is 1. The third kappa shape index (κ3) is 3.53. The molecule has 0 N–H and O–H groups in total. The highest BCUT2D eigenvalue weighted by Gasteiger charge is 2.19. The number of nitrogens with zero attached hydrogens (tertiary/aromatic N) is 3. The highest BCUT2D eigenvalue weighted by atomic mass is 79.9. The molecule has 1 aliphatic heterocycles. The molecule has 18 heavy (non-hydrogen) atoms. The lowest BCUT2D eigenvalue weighted by molar-refractivity contribution is 0.0761. The number of hydrogen-bond donors (Lipinski definition) is 0. The van der Waals surface area contributed by atoms with Crippen molar-refractivity contribution in [2.75, 3.05) is 38.1 Å². The van der Waals surface area contributed by atoms with Crippen molar-refractivity contribution < 1.29 is 4.79 Å². The molecule has 2 heterocycles. The van der Waals surface area contributed by atoms with Gasteiger partial charge in [-0.05, 0) is 25.1 Å². The van der Waals surface area contributed by atoms with Crippen molar-refractivity contribution in [1.29, 1.82) is 0 Å². The normalized spacial score (nSPS) is 17.5. The highest BCUT2D eigenvalue weighted by molar-refractivity contribution is 9.09. The van der Waals surface area contributed by atoms with Crippen LogP contribution in [0, 0.1) is 0 Å². The fourth-order valence-corrected chi connectivity index (χ4v) is 2.69. The fraction of sp³-hybridized carbons (Fsp3) is 0.538. The molecule has 1 amide bonds. The van der Waals surface area contributed by atoms with Gasteiger partial charge in [0.05, 0.1) is 5.56 Å². The van der Waals surface area contributed by atoms with Crippen LogP contribution >= 0.6 is 15.9 Å². The van der Waals surface area contributed by atoms with E-state index in [2.05, 4.69) is 25.8 Å².